The van der Waals surface area contributed by atoms with Gasteiger partial charge >= 0.3 is 0 Å². The Morgan fingerprint density at radius 1 is 0.706 bits per heavy atom. The van der Waals surface area contributed by atoms with Gasteiger partial charge in [0, 0.05) is 0 Å². The maximum absolute atomic E-state index is 2.53. The van der Waals surface area contributed by atoms with Crippen molar-refractivity contribution in [1.29, 1.82) is 0 Å². The van der Waals surface area contributed by atoms with Crippen LogP contribution < -0.4 is 0 Å². The molecule has 104 valence electrons. The van der Waals surface area contributed by atoms with Crippen LogP contribution in [0.5, 0.6) is 0 Å². The zero-order chi connectivity index (χ0) is 13.1. The maximum atomic E-state index is 2.53. The molecule has 0 heterocycles. The Balaban J connectivity index is 4.17. The Morgan fingerprint density at radius 2 is 1.12 bits per heavy atom. The molecule has 0 aromatic rings. The predicted octanol–water partition coefficient (Wildman–Crippen LogP) is 6.43. The van der Waals surface area contributed by atoms with Crippen LogP contribution in [-0.4, -0.2) is 17.5 Å². The molecular weight excluding hydrogens is 223 g/mol. The average molecular weight is 258 g/mol. The van der Waals surface area contributed by atoms with E-state index in [1.165, 1.54) is 57.5 Å². The van der Waals surface area contributed by atoms with E-state index in [4.69, 9.17) is 0 Å². The van der Waals surface area contributed by atoms with Crippen molar-refractivity contribution in [3.63, 3.8) is 0 Å². The molecule has 0 aliphatic rings. The van der Waals surface area contributed by atoms with Crippen LogP contribution in [0.15, 0.2) is 0 Å². The van der Waals surface area contributed by atoms with E-state index in [9.17, 15) is 0 Å². The summed E-state index contributed by atoms with van der Waals surface area (Å²) < 4.78 is 0. The molecule has 0 aliphatic heterocycles. The number of rotatable bonds is 11. The molecule has 0 aromatic heterocycles. The third-order valence-electron chi connectivity index (χ3n) is 3.85. The van der Waals surface area contributed by atoms with E-state index >= 15 is 0 Å². The van der Waals surface area contributed by atoms with Crippen molar-refractivity contribution in [2.24, 2.45) is 0 Å². The van der Waals surface area contributed by atoms with Gasteiger partial charge in [0.05, 0.1) is 0 Å². The summed E-state index contributed by atoms with van der Waals surface area (Å²) in [4.78, 5) is 0. The molecule has 0 radical (unpaired) electrons. The van der Waals surface area contributed by atoms with Crippen molar-refractivity contribution in [1.82, 2.24) is 0 Å². The summed E-state index contributed by atoms with van der Waals surface area (Å²) in [5.41, 5.74) is 2.01. The quantitative estimate of drug-likeness (QED) is 0.375. The van der Waals surface area contributed by atoms with E-state index in [-0.39, 0.29) is 7.92 Å². The highest BCUT2D eigenvalue weighted by Gasteiger charge is 2.21. The van der Waals surface area contributed by atoms with Crippen molar-refractivity contribution in [2.75, 3.05) is 6.16 Å². The fourth-order valence-corrected chi connectivity index (χ4v) is 6.01. The van der Waals surface area contributed by atoms with Crippen LogP contribution >= 0.6 is 7.92 Å². The van der Waals surface area contributed by atoms with Gasteiger partial charge in [0.15, 0.2) is 0 Å². The topological polar surface area (TPSA) is 0 Å². The van der Waals surface area contributed by atoms with Gasteiger partial charge in [0.1, 0.15) is 0 Å². The third kappa shape index (κ3) is 8.20. The zero-order valence-electron chi connectivity index (χ0n) is 13.0. The predicted molar refractivity (Wildman–Crippen MR) is 84.7 cm³/mol. The minimum absolute atomic E-state index is 0.288. The Kier molecular flexibility index (Phi) is 11.8. The molecule has 0 saturated carbocycles. The molecule has 0 spiro atoms. The summed E-state index contributed by atoms with van der Waals surface area (Å²) in [5.74, 6) is 0. The Bertz CT molecular complexity index is 142. The minimum atomic E-state index is 0.288. The van der Waals surface area contributed by atoms with Crippen LogP contribution in [0.25, 0.3) is 0 Å². The van der Waals surface area contributed by atoms with Crippen LogP contribution in [0.4, 0.5) is 0 Å². The van der Waals surface area contributed by atoms with Gasteiger partial charge < -0.3 is 0 Å². The van der Waals surface area contributed by atoms with Crippen LogP contribution in [-0.2, 0) is 0 Å². The fourth-order valence-electron chi connectivity index (χ4n) is 2.55. The monoisotopic (exact) mass is 258 g/mol. The van der Waals surface area contributed by atoms with Crippen LogP contribution in [0.3, 0.4) is 0 Å². The van der Waals surface area contributed by atoms with Gasteiger partial charge in [-0.3, -0.25) is 0 Å². The lowest BCUT2D eigenvalue weighted by atomic mass is 10.2. The molecule has 0 nitrogen and oxygen atoms in total. The standard InChI is InChI=1S/C16H35P/c1-6-9-12-15(4)17(14-11-8-3)16(5)13-10-7-2/h15-16H,6-14H2,1-5H3. The first-order valence-corrected chi connectivity index (χ1v) is 9.59. The normalized spacial score (nSPS) is 16.8. The first kappa shape index (κ1) is 17.4. The third-order valence-corrected chi connectivity index (χ3v) is 7.47. The lowest BCUT2D eigenvalue weighted by Gasteiger charge is -2.31. The van der Waals surface area contributed by atoms with E-state index in [0.717, 1.165) is 11.3 Å². The first-order valence-electron chi connectivity index (χ1n) is 7.93. The first-order chi connectivity index (χ1) is 8.17. The number of hydrogen-bond donors (Lipinski definition) is 0. The summed E-state index contributed by atoms with van der Waals surface area (Å²) in [6.45, 7) is 12.0. The van der Waals surface area contributed by atoms with Gasteiger partial charge in [-0.2, -0.15) is 0 Å². The molecule has 0 fully saturated rings. The molecule has 17 heavy (non-hydrogen) atoms. The number of hydrogen-bond acceptors (Lipinski definition) is 0. The van der Waals surface area contributed by atoms with E-state index in [0.29, 0.717) is 0 Å². The van der Waals surface area contributed by atoms with Crippen LogP contribution in [0.2, 0.25) is 0 Å². The van der Waals surface area contributed by atoms with Crippen LogP contribution in [0.1, 0.15) is 86.0 Å². The lowest BCUT2D eigenvalue weighted by Crippen LogP contribution is -2.13. The Morgan fingerprint density at radius 3 is 1.47 bits per heavy atom. The fraction of sp³-hybridized carbons (Fsp3) is 1.00. The summed E-state index contributed by atoms with van der Waals surface area (Å²) in [6, 6.07) is 0. The van der Waals surface area contributed by atoms with Gasteiger partial charge in [-0.1, -0.05) is 66.7 Å². The second-order valence-electron chi connectivity index (χ2n) is 5.57. The van der Waals surface area contributed by atoms with Crippen molar-refractivity contribution < 1.29 is 0 Å². The molecule has 0 aromatic carbocycles. The van der Waals surface area contributed by atoms with Gasteiger partial charge in [-0.15, -0.1) is 7.92 Å². The van der Waals surface area contributed by atoms with Crippen molar-refractivity contribution in [3.8, 4) is 0 Å². The summed E-state index contributed by atoms with van der Waals surface area (Å²) in [6.07, 6.45) is 12.9. The number of unbranched alkanes of at least 4 members (excludes halogenated alkanes) is 3. The Hall–Kier alpha value is 0.430. The summed E-state index contributed by atoms with van der Waals surface area (Å²) in [5, 5.41) is 0. The SMILES string of the molecule is CCCCC(C)P(CCCC)C(C)CCCC. The molecule has 0 aliphatic carbocycles. The average Bonchev–Trinajstić information content (AvgIpc) is 2.34. The van der Waals surface area contributed by atoms with Gasteiger partial charge in [0.25, 0.3) is 0 Å². The van der Waals surface area contributed by atoms with Gasteiger partial charge in [-0.25, -0.2) is 0 Å². The molecule has 0 N–H and O–H groups in total. The molecule has 0 rings (SSSR count). The van der Waals surface area contributed by atoms with E-state index in [1.807, 2.05) is 0 Å². The smallest absolute Gasteiger partial charge is 0.0235 e. The molecule has 0 saturated heterocycles. The van der Waals surface area contributed by atoms with Gasteiger partial charge in [-0.05, 0) is 36.7 Å². The molecular formula is C16H35P. The van der Waals surface area contributed by atoms with Gasteiger partial charge in [0.2, 0.25) is 0 Å². The van der Waals surface area contributed by atoms with Crippen molar-refractivity contribution in [2.45, 2.75) is 97.3 Å². The summed E-state index contributed by atoms with van der Waals surface area (Å²) in [7, 11) is 0.288. The Labute approximate surface area is 112 Å². The highest BCUT2D eigenvalue weighted by Crippen LogP contribution is 2.50. The molecule has 0 bridgehead atoms. The maximum Gasteiger partial charge on any atom is -0.0235 e. The largest absolute Gasteiger partial charge is 0.101 e. The highest BCUT2D eigenvalue weighted by molar-refractivity contribution is 7.59. The zero-order valence-corrected chi connectivity index (χ0v) is 13.9. The molecule has 0 amide bonds. The highest BCUT2D eigenvalue weighted by atomic mass is 31.1. The van der Waals surface area contributed by atoms with Crippen LogP contribution in [0, 0.1) is 0 Å². The molecule has 2 unspecified atom stereocenters. The second-order valence-corrected chi connectivity index (χ2v) is 8.81. The van der Waals surface area contributed by atoms with E-state index in [2.05, 4.69) is 34.6 Å². The van der Waals surface area contributed by atoms with E-state index < -0.39 is 0 Å². The minimum Gasteiger partial charge on any atom is -0.101 e. The summed E-state index contributed by atoms with van der Waals surface area (Å²) >= 11 is 0. The molecule has 2 atom stereocenters. The van der Waals surface area contributed by atoms with Crippen molar-refractivity contribution in [3.05, 3.63) is 0 Å². The van der Waals surface area contributed by atoms with Crippen molar-refractivity contribution >= 4 is 7.92 Å². The molecule has 1 heteroatoms. The second kappa shape index (κ2) is 11.5. The van der Waals surface area contributed by atoms with E-state index in [1.54, 1.807) is 0 Å². The lowest BCUT2D eigenvalue weighted by molar-refractivity contribution is 0.674.